The van der Waals surface area contributed by atoms with Crippen LogP contribution in [-0.2, 0) is 29.1 Å². The van der Waals surface area contributed by atoms with Gasteiger partial charge in [0.1, 0.15) is 0 Å². The van der Waals surface area contributed by atoms with Crippen molar-refractivity contribution in [2.45, 2.75) is 20.8 Å². The summed E-state index contributed by atoms with van der Waals surface area (Å²) in [4.78, 5) is 23.1. The molecule has 0 saturated heterocycles. The van der Waals surface area contributed by atoms with E-state index in [1.54, 1.807) is 25.7 Å². The zero-order valence-corrected chi connectivity index (χ0v) is 12.1. The second kappa shape index (κ2) is 24.2. The number of hydrogen-bond acceptors (Lipinski definition) is 5. The van der Waals surface area contributed by atoms with Crippen molar-refractivity contribution in [3.8, 4) is 5.88 Å². The maximum atomic E-state index is 7.75. The van der Waals surface area contributed by atoms with Gasteiger partial charge in [0.15, 0.2) is 0 Å². The summed E-state index contributed by atoms with van der Waals surface area (Å²) in [6.07, 6.45) is 4.74. The van der Waals surface area contributed by atoms with Crippen molar-refractivity contribution in [1.82, 2.24) is 9.97 Å². The number of nitrogens with zero attached hydrogens (tertiary/aromatic N) is 2. The first-order valence-corrected chi connectivity index (χ1v) is 4.20. The molecule has 0 N–H and O–H groups in total. The fourth-order valence-electron chi connectivity index (χ4n) is 0.391. The third-order valence-electron chi connectivity index (χ3n) is 0.749. The monoisotopic (exact) mass is 327 g/mol. The summed E-state index contributed by atoms with van der Waals surface area (Å²) < 4.78 is 4.74. The summed E-state index contributed by atoms with van der Waals surface area (Å²) in [5.74, 6) is 1.97. The summed E-state index contributed by atoms with van der Waals surface area (Å²) in [7, 11) is 1.56. The van der Waals surface area contributed by atoms with E-state index < -0.39 is 0 Å². The van der Waals surface area contributed by atoms with Crippen LogP contribution in [0.2, 0.25) is 0 Å². The number of rotatable bonds is 1. The molecule has 0 aliphatic rings. The molecule has 1 heterocycles. The van der Waals surface area contributed by atoms with Crippen molar-refractivity contribution < 1.29 is 33.8 Å². The third kappa shape index (κ3) is 31.3. The van der Waals surface area contributed by atoms with Crippen LogP contribution in [0, 0.1) is 5.92 Å². The van der Waals surface area contributed by atoms with E-state index in [9.17, 15) is 0 Å². The Morgan fingerprint density at radius 2 is 1.53 bits per heavy atom. The Bertz CT molecular complexity index is 218. The Morgan fingerprint density at radius 1 is 1.12 bits per heavy atom. The fraction of sp³-hybridized carbons (Fsp3) is 0.364. The van der Waals surface area contributed by atoms with Crippen LogP contribution in [0.4, 0.5) is 0 Å². The number of methoxy groups -OCH3 is 1. The third-order valence-corrected chi connectivity index (χ3v) is 0.749. The molecule has 1 rings (SSSR count). The van der Waals surface area contributed by atoms with E-state index >= 15 is 0 Å². The first kappa shape index (κ1) is 24.9. The Kier molecular flexibility index (Phi) is 35.4. The van der Waals surface area contributed by atoms with Gasteiger partial charge in [-0.3, -0.25) is 18.6 Å². The molecule has 0 amide bonds. The molecule has 5 nitrogen and oxygen atoms in total. The van der Waals surface area contributed by atoms with E-state index in [2.05, 4.69) is 44.3 Å². The number of aromatic nitrogens is 2. The molecule has 0 saturated carbocycles. The van der Waals surface area contributed by atoms with E-state index in [0.29, 0.717) is 5.88 Å². The molecule has 97 valence electrons. The first-order valence-electron chi connectivity index (χ1n) is 4.20. The molecule has 0 unspecified atom stereocenters. The predicted octanol–water partition coefficient (Wildman–Crippen LogP) is 1.56. The smallest absolute Gasteiger partial charge is 0.545 e. The van der Waals surface area contributed by atoms with Crippen LogP contribution in [0.3, 0.4) is 0 Å². The number of hydrogen-bond donors (Lipinski definition) is 0. The molecule has 1 aromatic heterocycles. The quantitative estimate of drug-likeness (QED) is 0.445. The molecular formula is C11H17N2O3Ru. The van der Waals surface area contributed by atoms with Gasteiger partial charge in [-0.15, -0.1) is 0 Å². The summed E-state index contributed by atoms with van der Waals surface area (Å²) in [5.41, 5.74) is 0. The SMILES string of the molecule is COc1cnccn1.C[C-](C)C.[CH-]=O.[CH-]=O.[Ru+3]. The molecule has 0 spiro atoms. The van der Waals surface area contributed by atoms with Crippen LogP contribution in [0.25, 0.3) is 0 Å². The molecule has 0 bridgehead atoms. The van der Waals surface area contributed by atoms with Crippen LogP contribution >= 0.6 is 0 Å². The zero-order valence-electron chi connectivity index (χ0n) is 10.4. The van der Waals surface area contributed by atoms with Gasteiger partial charge in [0, 0.05) is 12.4 Å². The van der Waals surface area contributed by atoms with Crippen LogP contribution in [0.5, 0.6) is 5.88 Å². The molecule has 17 heavy (non-hydrogen) atoms. The van der Waals surface area contributed by atoms with Gasteiger partial charge < -0.3 is 20.2 Å². The minimum atomic E-state index is 0. The number of carbonyl (C=O) groups excluding carboxylic acids is 2. The van der Waals surface area contributed by atoms with Crippen LogP contribution < -0.4 is 4.74 Å². The van der Waals surface area contributed by atoms with Crippen LogP contribution in [0.1, 0.15) is 20.8 Å². The van der Waals surface area contributed by atoms with E-state index in [1.807, 2.05) is 0 Å². The largest absolute Gasteiger partial charge is 3.00 e. The maximum absolute atomic E-state index is 7.75. The average molecular weight is 326 g/mol. The van der Waals surface area contributed by atoms with E-state index in [1.165, 1.54) is 5.92 Å². The van der Waals surface area contributed by atoms with Crippen molar-refractivity contribution in [3.05, 3.63) is 24.5 Å². The van der Waals surface area contributed by atoms with E-state index in [-0.39, 0.29) is 19.5 Å². The van der Waals surface area contributed by atoms with E-state index in [0.717, 1.165) is 0 Å². The summed E-state index contributed by atoms with van der Waals surface area (Å²) in [6.45, 7) is 12.8. The standard InChI is InChI=1S/C5H6N2O.C4H9.2CHO.Ru/c1-8-5-4-6-2-3-7-5;1-4(2)3;2*1-2;/h2-4H,1H3;1-3H3;2*1H;/q;3*-1;+3. The van der Waals surface area contributed by atoms with Gasteiger partial charge in [-0.2, -0.15) is 20.8 Å². The van der Waals surface area contributed by atoms with Gasteiger partial charge in [0.25, 0.3) is 0 Å². The molecule has 1 radical (unpaired) electrons. The molecule has 0 aliphatic carbocycles. The van der Waals surface area contributed by atoms with Crippen molar-refractivity contribution in [1.29, 1.82) is 0 Å². The molecule has 1 aromatic rings. The van der Waals surface area contributed by atoms with Crippen molar-refractivity contribution in [3.63, 3.8) is 0 Å². The molecule has 6 heteroatoms. The van der Waals surface area contributed by atoms with Gasteiger partial charge in [-0.1, -0.05) is 0 Å². The second-order valence-corrected chi connectivity index (χ2v) is 2.75. The predicted molar refractivity (Wildman–Crippen MR) is 62.4 cm³/mol. The topological polar surface area (TPSA) is 69.2 Å². The fourth-order valence-corrected chi connectivity index (χ4v) is 0.391. The Balaban J connectivity index is -0.0000000814. The van der Waals surface area contributed by atoms with Gasteiger partial charge in [-0.25, -0.2) is 4.98 Å². The Hall–Kier alpha value is -1.16. The van der Waals surface area contributed by atoms with Gasteiger partial charge in [-0.05, 0) is 0 Å². The average Bonchev–Trinajstić information content (AvgIpc) is 2.34. The Labute approximate surface area is 116 Å². The second-order valence-electron chi connectivity index (χ2n) is 2.75. The number of ether oxygens (including phenoxy) is 1. The molecule has 0 fully saturated rings. The first-order chi connectivity index (χ1) is 7.66. The summed E-state index contributed by atoms with van der Waals surface area (Å²) >= 11 is 0. The summed E-state index contributed by atoms with van der Waals surface area (Å²) in [6, 6.07) is 0. The minimum Gasteiger partial charge on any atom is -0.545 e. The maximum Gasteiger partial charge on any atom is 3.00 e. The molecule has 0 aromatic carbocycles. The summed E-state index contributed by atoms with van der Waals surface area (Å²) in [5, 5.41) is 0. The molecule has 0 atom stereocenters. The normalized spacial score (nSPS) is 6.65. The van der Waals surface area contributed by atoms with Crippen molar-refractivity contribution >= 4 is 13.6 Å². The zero-order chi connectivity index (χ0) is 13.4. The Morgan fingerprint density at radius 3 is 1.71 bits per heavy atom. The van der Waals surface area contributed by atoms with Crippen LogP contribution in [-0.4, -0.2) is 30.7 Å². The van der Waals surface area contributed by atoms with Crippen LogP contribution in [0.15, 0.2) is 18.6 Å². The van der Waals surface area contributed by atoms with Gasteiger partial charge >= 0.3 is 19.5 Å². The van der Waals surface area contributed by atoms with Crippen molar-refractivity contribution in [2.75, 3.05) is 7.11 Å². The minimum absolute atomic E-state index is 0. The van der Waals surface area contributed by atoms with E-state index in [4.69, 9.17) is 14.3 Å². The molecular weight excluding hydrogens is 309 g/mol. The van der Waals surface area contributed by atoms with Crippen molar-refractivity contribution in [2.24, 2.45) is 0 Å². The van der Waals surface area contributed by atoms with Gasteiger partial charge in [0.05, 0.1) is 13.3 Å². The molecule has 0 aliphatic heterocycles. The van der Waals surface area contributed by atoms with Gasteiger partial charge in [0.2, 0.25) is 5.88 Å².